The smallest absolute Gasteiger partial charge is 0.240 e. The zero-order chi connectivity index (χ0) is 13.0. The summed E-state index contributed by atoms with van der Waals surface area (Å²) in [5.41, 5.74) is 5.69. The molecule has 7 heteroatoms. The number of nitrogens with zero attached hydrogens (tertiary/aromatic N) is 2. The van der Waals surface area contributed by atoms with Gasteiger partial charge in [-0.1, -0.05) is 28.9 Å². The molecule has 0 bridgehead atoms. The first-order chi connectivity index (χ1) is 8.66. The third-order valence-electron chi connectivity index (χ3n) is 2.16. The third kappa shape index (κ3) is 3.06. The van der Waals surface area contributed by atoms with E-state index in [-0.39, 0.29) is 13.1 Å². The van der Waals surface area contributed by atoms with Gasteiger partial charge in [0, 0.05) is 5.56 Å². The first kappa shape index (κ1) is 12.5. The molecule has 0 unspecified atom stereocenters. The van der Waals surface area contributed by atoms with Gasteiger partial charge in [-0.2, -0.15) is 4.98 Å². The highest BCUT2D eigenvalue weighted by atomic mass is 35.5. The molecule has 0 atom stereocenters. The number of nitrogens with two attached hydrogens (primary N) is 1. The van der Waals surface area contributed by atoms with Crippen molar-refractivity contribution in [2.75, 3.05) is 6.54 Å². The molecule has 0 aliphatic carbocycles. The molecule has 0 saturated heterocycles. The molecule has 18 heavy (non-hydrogen) atoms. The first-order valence-corrected chi connectivity index (χ1v) is 5.61. The monoisotopic (exact) mass is 266 g/mol. The fourth-order valence-electron chi connectivity index (χ4n) is 1.37. The predicted molar refractivity (Wildman–Crippen MR) is 65.6 cm³/mol. The molecule has 94 valence electrons. The zero-order valence-electron chi connectivity index (χ0n) is 9.39. The molecule has 2 aromatic rings. The van der Waals surface area contributed by atoms with Gasteiger partial charge < -0.3 is 10.3 Å². The Hall–Kier alpha value is -1.92. The van der Waals surface area contributed by atoms with E-state index >= 15 is 0 Å². The SMILES string of the molecule is NC(=O)CNCc1nc(-c2ccccc2Cl)no1. The topological polar surface area (TPSA) is 94.0 Å². The van der Waals surface area contributed by atoms with Crippen molar-refractivity contribution in [2.45, 2.75) is 6.54 Å². The van der Waals surface area contributed by atoms with Crippen LogP contribution >= 0.6 is 11.6 Å². The van der Waals surface area contributed by atoms with Crippen LogP contribution in [0.5, 0.6) is 0 Å². The summed E-state index contributed by atoms with van der Waals surface area (Å²) in [7, 11) is 0. The van der Waals surface area contributed by atoms with Crippen LogP contribution in [-0.4, -0.2) is 22.6 Å². The molecule has 0 spiro atoms. The van der Waals surface area contributed by atoms with Crippen molar-refractivity contribution in [1.29, 1.82) is 0 Å². The maximum atomic E-state index is 10.5. The van der Waals surface area contributed by atoms with Crippen molar-refractivity contribution in [3.05, 3.63) is 35.2 Å². The summed E-state index contributed by atoms with van der Waals surface area (Å²) < 4.78 is 5.02. The molecular weight excluding hydrogens is 256 g/mol. The molecule has 1 heterocycles. The Kier molecular flexibility index (Phi) is 3.91. The number of nitrogens with one attached hydrogen (secondary N) is 1. The Morgan fingerprint density at radius 3 is 2.94 bits per heavy atom. The van der Waals surface area contributed by atoms with Crippen molar-refractivity contribution in [3.63, 3.8) is 0 Å². The predicted octanol–water partition coefficient (Wildman–Crippen LogP) is 0.965. The molecule has 2 rings (SSSR count). The van der Waals surface area contributed by atoms with Gasteiger partial charge >= 0.3 is 0 Å². The molecule has 0 fully saturated rings. The summed E-state index contributed by atoms with van der Waals surface area (Å²) in [5.74, 6) is 0.337. The van der Waals surface area contributed by atoms with Gasteiger partial charge in [0.15, 0.2) is 0 Å². The maximum absolute atomic E-state index is 10.5. The lowest BCUT2D eigenvalue weighted by atomic mass is 10.2. The molecule has 1 aromatic heterocycles. The van der Waals surface area contributed by atoms with E-state index in [1.54, 1.807) is 12.1 Å². The maximum Gasteiger partial charge on any atom is 0.240 e. The van der Waals surface area contributed by atoms with Gasteiger partial charge in [-0.05, 0) is 12.1 Å². The second kappa shape index (κ2) is 5.61. The highest BCUT2D eigenvalue weighted by Gasteiger charge is 2.10. The van der Waals surface area contributed by atoms with E-state index in [0.29, 0.717) is 22.3 Å². The Labute approximate surface area is 108 Å². The van der Waals surface area contributed by atoms with Crippen LogP contribution in [-0.2, 0) is 11.3 Å². The van der Waals surface area contributed by atoms with Crippen LogP contribution in [0.25, 0.3) is 11.4 Å². The van der Waals surface area contributed by atoms with Gasteiger partial charge in [-0.15, -0.1) is 0 Å². The number of aromatic nitrogens is 2. The summed E-state index contributed by atoms with van der Waals surface area (Å²) >= 11 is 6.02. The van der Waals surface area contributed by atoms with Crippen molar-refractivity contribution in [2.24, 2.45) is 5.73 Å². The number of rotatable bonds is 5. The minimum absolute atomic E-state index is 0.0593. The van der Waals surface area contributed by atoms with Crippen LogP contribution in [0.4, 0.5) is 0 Å². The largest absolute Gasteiger partial charge is 0.369 e. The fraction of sp³-hybridized carbons (Fsp3) is 0.182. The van der Waals surface area contributed by atoms with E-state index < -0.39 is 5.91 Å². The zero-order valence-corrected chi connectivity index (χ0v) is 10.1. The van der Waals surface area contributed by atoms with Gasteiger partial charge in [-0.25, -0.2) is 0 Å². The number of primary amides is 1. The summed E-state index contributed by atoms with van der Waals surface area (Å²) in [6, 6.07) is 7.20. The van der Waals surface area contributed by atoms with Crippen LogP contribution in [0.1, 0.15) is 5.89 Å². The minimum Gasteiger partial charge on any atom is -0.369 e. The summed E-state index contributed by atoms with van der Waals surface area (Å²) in [6.07, 6.45) is 0. The van der Waals surface area contributed by atoms with Crippen LogP contribution in [0.2, 0.25) is 5.02 Å². The lowest BCUT2D eigenvalue weighted by molar-refractivity contribution is -0.117. The van der Waals surface area contributed by atoms with Crippen molar-refractivity contribution >= 4 is 17.5 Å². The van der Waals surface area contributed by atoms with Gasteiger partial charge in [0.05, 0.1) is 18.1 Å². The average molecular weight is 267 g/mol. The third-order valence-corrected chi connectivity index (χ3v) is 2.49. The number of amides is 1. The van der Waals surface area contributed by atoms with Crippen LogP contribution in [0, 0.1) is 0 Å². The van der Waals surface area contributed by atoms with E-state index in [1.807, 2.05) is 12.1 Å². The van der Waals surface area contributed by atoms with E-state index in [2.05, 4.69) is 15.5 Å². The molecule has 0 radical (unpaired) electrons. The van der Waals surface area contributed by atoms with Crippen molar-refractivity contribution in [3.8, 4) is 11.4 Å². The molecular formula is C11H11ClN4O2. The second-order valence-corrected chi connectivity index (χ2v) is 3.97. The van der Waals surface area contributed by atoms with Gasteiger partial charge in [0.2, 0.25) is 17.6 Å². The molecule has 0 saturated carbocycles. The lowest BCUT2D eigenvalue weighted by Gasteiger charge is -1.96. The highest BCUT2D eigenvalue weighted by molar-refractivity contribution is 6.33. The average Bonchev–Trinajstić information content (AvgIpc) is 2.78. The number of carbonyl (C=O) groups is 1. The van der Waals surface area contributed by atoms with Crippen molar-refractivity contribution < 1.29 is 9.32 Å². The summed E-state index contributed by atoms with van der Waals surface area (Å²) in [5, 5.41) is 7.15. The molecule has 0 aliphatic rings. The number of hydrogen-bond acceptors (Lipinski definition) is 5. The molecule has 6 nitrogen and oxygen atoms in total. The number of benzene rings is 1. The minimum atomic E-state index is -0.444. The number of hydrogen-bond donors (Lipinski definition) is 2. The quantitative estimate of drug-likeness (QED) is 0.841. The lowest BCUT2D eigenvalue weighted by Crippen LogP contribution is -2.28. The second-order valence-electron chi connectivity index (χ2n) is 3.56. The molecule has 1 amide bonds. The summed E-state index contributed by atoms with van der Waals surface area (Å²) in [4.78, 5) is 14.7. The first-order valence-electron chi connectivity index (χ1n) is 5.23. The standard InChI is InChI=1S/C11H11ClN4O2/c12-8-4-2-1-3-7(8)11-15-10(18-16-11)6-14-5-9(13)17/h1-4,14H,5-6H2,(H2,13,17). The van der Waals surface area contributed by atoms with Crippen LogP contribution < -0.4 is 11.1 Å². The Morgan fingerprint density at radius 2 is 2.22 bits per heavy atom. The highest BCUT2D eigenvalue weighted by Crippen LogP contribution is 2.24. The van der Waals surface area contributed by atoms with E-state index in [1.165, 1.54) is 0 Å². The van der Waals surface area contributed by atoms with Crippen molar-refractivity contribution in [1.82, 2.24) is 15.5 Å². The molecule has 1 aromatic carbocycles. The molecule has 0 aliphatic heterocycles. The van der Waals surface area contributed by atoms with E-state index in [9.17, 15) is 4.79 Å². The van der Waals surface area contributed by atoms with Gasteiger partial charge in [0.25, 0.3) is 0 Å². The Morgan fingerprint density at radius 1 is 1.44 bits per heavy atom. The van der Waals surface area contributed by atoms with Crippen LogP contribution in [0.15, 0.2) is 28.8 Å². The molecule has 3 N–H and O–H groups in total. The summed E-state index contributed by atoms with van der Waals surface area (Å²) in [6.45, 7) is 0.337. The van der Waals surface area contributed by atoms with Crippen LogP contribution in [0.3, 0.4) is 0 Å². The van der Waals surface area contributed by atoms with E-state index in [4.69, 9.17) is 21.9 Å². The Balaban J connectivity index is 2.06. The van der Waals surface area contributed by atoms with E-state index in [0.717, 1.165) is 0 Å². The normalized spacial score (nSPS) is 10.5. The Bertz CT molecular complexity index is 555. The van der Waals surface area contributed by atoms with Gasteiger partial charge in [0.1, 0.15) is 0 Å². The number of carbonyl (C=O) groups excluding carboxylic acids is 1. The fourth-order valence-corrected chi connectivity index (χ4v) is 1.59. The number of halogens is 1. The van der Waals surface area contributed by atoms with Gasteiger partial charge in [-0.3, -0.25) is 10.1 Å².